The van der Waals surface area contributed by atoms with Crippen LogP contribution in [0.15, 0.2) is 37.2 Å². The van der Waals surface area contributed by atoms with Gasteiger partial charge in [0.25, 0.3) is 11.8 Å². The second-order valence-corrected chi connectivity index (χ2v) is 10.8. The van der Waals surface area contributed by atoms with Gasteiger partial charge in [0, 0.05) is 57.5 Å². The van der Waals surface area contributed by atoms with E-state index in [4.69, 9.17) is 10.5 Å². The van der Waals surface area contributed by atoms with Crippen LogP contribution in [0.4, 0.5) is 4.79 Å². The first-order valence-electron chi connectivity index (χ1n) is 13.4. The van der Waals surface area contributed by atoms with E-state index in [0.29, 0.717) is 49.4 Å². The molecular formula is C27H40N8O4. The average Bonchev–Trinajstić information content (AvgIpc) is 2.96. The number of carbonyl (C=O) groups is 3. The van der Waals surface area contributed by atoms with Crippen LogP contribution in [0.25, 0.3) is 0 Å². The Bertz CT molecular complexity index is 1050. The van der Waals surface area contributed by atoms with Crippen molar-refractivity contribution in [1.29, 1.82) is 0 Å². The van der Waals surface area contributed by atoms with Crippen molar-refractivity contribution in [3.8, 4) is 0 Å². The molecular weight excluding hydrogens is 500 g/mol. The quantitative estimate of drug-likeness (QED) is 0.580. The maximum atomic E-state index is 12.3. The molecule has 0 aliphatic carbocycles. The van der Waals surface area contributed by atoms with E-state index < -0.39 is 11.7 Å². The molecule has 0 spiro atoms. The predicted molar refractivity (Wildman–Crippen MR) is 145 cm³/mol. The molecule has 2 aromatic heterocycles. The lowest BCUT2D eigenvalue weighted by Gasteiger charge is -2.32. The van der Waals surface area contributed by atoms with Crippen molar-refractivity contribution in [3.05, 3.63) is 48.6 Å². The normalized spacial score (nSPS) is 16.6. The van der Waals surface area contributed by atoms with Gasteiger partial charge in [-0.1, -0.05) is 0 Å². The summed E-state index contributed by atoms with van der Waals surface area (Å²) in [5.41, 5.74) is 5.92. The molecule has 2 fully saturated rings. The highest BCUT2D eigenvalue weighted by Gasteiger charge is 2.26. The summed E-state index contributed by atoms with van der Waals surface area (Å²) in [5.74, 6) is 0.805. The van der Waals surface area contributed by atoms with Crippen molar-refractivity contribution in [2.75, 3.05) is 39.3 Å². The number of ether oxygens (including phenoxy) is 1. The minimum absolute atomic E-state index is 0.0245. The smallest absolute Gasteiger partial charge is 0.407 e. The first-order chi connectivity index (χ1) is 18.7. The first kappa shape index (κ1) is 29.9. The van der Waals surface area contributed by atoms with Crippen molar-refractivity contribution in [2.24, 2.45) is 17.6 Å². The number of piperidine rings is 2. The summed E-state index contributed by atoms with van der Waals surface area (Å²) >= 11 is 0. The summed E-state index contributed by atoms with van der Waals surface area (Å²) in [5, 5.41) is 2.80. The molecule has 3 amide bonds. The first-order valence-corrected chi connectivity index (χ1v) is 13.4. The third-order valence-corrected chi connectivity index (χ3v) is 6.64. The van der Waals surface area contributed by atoms with Gasteiger partial charge in [0.2, 0.25) is 0 Å². The van der Waals surface area contributed by atoms with Gasteiger partial charge in [-0.3, -0.25) is 19.6 Å². The summed E-state index contributed by atoms with van der Waals surface area (Å²) in [7, 11) is 0. The van der Waals surface area contributed by atoms with Crippen molar-refractivity contribution in [3.63, 3.8) is 0 Å². The highest BCUT2D eigenvalue weighted by atomic mass is 16.6. The number of nitrogens with zero attached hydrogens (tertiary/aromatic N) is 6. The highest BCUT2D eigenvalue weighted by molar-refractivity contribution is 5.92. The van der Waals surface area contributed by atoms with E-state index in [1.807, 2.05) is 25.7 Å². The van der Waals surface area contributed by atoms with E-state index >= 15 is 0 Å². The number of likely N-dealkylation sites (tertiary alicyclic amines) is 2. The lowest BCUT2D eigenvalue weighted by atomic mass is 9.96. The molecule has 3 N–H and O–H groups in total. The Labute approximate surface area is 229 Å². The van der Waals surface area contributed by atoms with Gasteiger partial charge in [-0.25, -0.2) is 14.8 Å². The van der Waals surface area contributed by atoms with Crippen LogP contribution in [0.2, 0.25) is 0 Å². The van der Waals surface area contributed by atoms with Gasteiger partial charge in [0.15, 0.2) is 0 Å². The Hall–Kier alpha value is -3.67. The van der Waals surface area contributed by atoms with Crippen LogP contribution >= 0.6 is 0 Å². The van der Waals surface area contributed by atoms with E-state index in [9.17, 15) is 14.4 Å². The monoisotopic (exact) mass is 540 g/mol. The molecule has 0 bridgehead atoms. The van der Waals surface area contributed by atoms with E-state index in [-0.39, 0.29) is 11.8 Å². The van der Waals surface area contributed by atoms with Gasteiger partial charge in [-0.15, -0.1) is 0 Å². The molecule has 0 radical (unpaired) electrons. The Kier molecular flexibility index (Phi) is 11.1. The number of aromatic nitrogens is 4. The maximum Gasteiger partial charge on any atom is 0.407 e. The minimum atomic E-state index is -0.489. The van der Waals surface area contributed by atoms with Gasteiger partial charge >= 0.3 is 6.09 Å². The van der Waals surface area contributed by atoms with E-state index in [2.05, 4.69) is 25.3 Å². The fraction of sp³-hybridized carbons (Fsp3) is 0.593. The number of amides is 3. The number of carbonyl (C=O) groups excluding carboxylic acids is 3. The van der Waals surface area contributed by atoms with Gasteiger partial charge in [0.05, 0.1) is 12.4 Å². The molecule has 2 aromatic rings. The fourth-order valence-electron chi connectivity index (χ4n) is 4.40. The molecule has 4 heterocycles. The Balaban J connectivity index is 0.000000230. The van der Waals surface area contributed by atoms with Crippen LogP contribution in [0.3, 0.4) is 0 Å². The molecule has 12 nitrogen and oxygen atoms in total. The van der Waals surface area contributed by atoms with E-state index in [1.54, 1.807) is 23.5 Å². The topological polar surface area (TPSA) is 157 Å². The Morgan fingerprint density at radius 3 is 1.69 bits per heavy atom. The predicted octanol–water partition coefficient (Wildman–Crippen LogP) is 2.14. The summed E-state index contributed by atoms with van der Waals surface area (Å²) in [6.45, 7) is 9.67. The van der Waals surface area contributed by atoms with E-state index in [1.165, 1.54) is 18.6 Å². The molecule has 2 aliphatic heterocycles. The minimum Gasteiger partial charge on any atom is -0.444 e. The van der Waals surface area contributed by atoms with Crippen LogP contribution in [-0.4, -0.2) is 92.5 Å². The lowest BCUT2D eigenvalue weighted by molar-refractivity contribution is 0.0499. The number of nitrogens with two attached hydrogens (primary N) is 1. The van der Waals surface area contributed by atoms with Crippen molar-refractivity contribution >= 4 is 17.9 Å². The number of hydrogen-bond donors (Lipinski definition) is 2. The summed E-state index contributed by atoms with van der Waals surface area (Å²) in [4.78, 5) is 55.4. The Morgan fingerprint density at radius 1 is 0.846 bits per heavy atom. The zero-order valence-corrected chi connectivity index (χ0v) is 23.1. The van der Waals surface area contributed by atoms with E-state index in [0.717, 1.165) is 38.8 Å². The highest BCUT2D eigenvalue weighted by Crippen LogP contribution is 2.19. The molecule has 212 valence electrons. The Morgan fingerprint density at radius 2 is 1.31 bits per heavy atom. The molecule has 39 heavy (non-hydrogen) atoms. The van der Waals surface area contributed by atoms with Gasteiger partial charge in [0.1, 0.15) is 17.0 Å². The molecule has 2 aliphatic rings. The molecule has 0 saturated carbocycles. The molecule has 12 heteroatoms. The van der Waals surface area contributed by atoms with Crippen LogP contribution in [0.1, 0.15) is 67.4 Å². The standard InChI is InChI=1S/C16H24N4O3.C11H16N4O/c1-16(2,3)23-15(22)19-10-12-4-8-20(9-5-12)14(21)13-11-17-6-7-18-13;12-7-9-1-5-15(6-2-9)11(16)10-8-13-3-4-14-10/h6-7,11-12H,4-5,8-10H2,1-3H3,(H,19,22);3-4,8-9H,1-2,5-7,12H2. The van der Waals surface area contributed by atoms with Gasteiger partial charge < -0.3 is 25.6 Å². The summed E-state index contributed by atoms with van der Waals surface area (Å²) < 4.78 is 5.22. The fourth-order valence-corrected chi connectivity index (χ4v) is 4.40. The van der Waals surface area contributed by atoms with Crippen LogP contribution < -0.4 is 11.1 Å². The zero-order chi connectivity index (χ0) is 28.3. The number of nitrogens with one attached hydrogen (secondary N) is 1. The summed E-state index contributed by atoms with van der Waals surface area (Å²) in [6, 6.07) is 0. The average molecular weight is 541 g/mol. The molecule has 0 unspecified atom stereocenters. The third kappa shape index (κ3) is 9.86. The van der Waals surface area contributed by atoms with Crippen LogP contribution in [0.5, 0.6) is 0 Å². The van der Waals surface area contributed by atoms with Crippen molar-refractivity contribution in [2.45, 2.75) is 52.1 Å². The number of alkyl carbamates (subject to hydrolysis) is 1. The maximum absolute atomic E-state index is 12.3. The largest absolute Gasteiger partial charge is 0.444 e. The summed E-state index contributed by atoms with van der Waals surface area (Å²) in [6.07, 6.45) is 12.5. The molecule has 0 aromatic carbocycles. The SMILES string of the molecule is CC(C)(C)OC(=O)NCC1CCN(C(=O)c2cnccn2)CC1.NCC1CCN(C(=O)c2cnccn2)CC1. The van der Waals surface area contributed by atoms with Crippen LogP contribution in [0, 0.1) is 11.8 Å². The molecule has 0 atom stereocenters. The number of hydrogen-bond acceptors (Lipinski definition) is 9. The van der Waals surface area contributed by atoms with Gasteiger partial charge in [-0.05, 0) is 64.8 Å². The second-order valence-electron chi connectivity index (χ2n) is 10.8. The molecule has 2 saturated heterocycles. The lowest BCUT2D eigenvalue weighted by Crippen LogP contribution is -2.42. The third-order valence-electron chi connectivity index (χ3n) is 6.64. The van der Waals surface area contributed by atoms with Gasteiger partial charge in [-0.2, -0.15) is 0 Å². The second kappa shape index (κ2) is 14.5. The van der Waals surface area contributed by atoms with Crippen LogP contribution in [-0.2, 0) is 4.74 Å². The van der Waals surface area contributed by atoms with Crippen molar-refractivity contribution < 1.29 is 19.1 Å². The number of rotatable bonds is 5. The molecule has 4 rings (SSSR count). The zero-order valence-electron chi connectivity index (χ0n) is 23.1. The van der Waals surface area contributed by atoms with Crippen molar-refractivity contribution in [1.82, 2.24) is 35.1 Å².